The van der Waals surface area contributed by atoms with Gasteiger partial charge in [0.1, 0.15) is 0 Å². The molecule has 3 nitrogen and oxygen atoms in total. The van der Waals surface area contributed by atoms with Crippen LogP contribution in [0.25, 0.3) is 0 Å². The molecule has 0 spiro atoms. The fourth-order valence-corrected chi connectivity index (χ4v) is 1.62. The lowest BCUT2D eigenvalue weighted by molar-refractivity contribution is 0.184. The summed E-state index contributed by atoms with van der Waals surface area (Å²) in [6, 6.07) is 0. The summed E-state index contributed by atoms with van der Waals surface area (Å²) in [4.78, 5) is 0. The molecule has 0 rings (SSSR count). The van der Waals surface area contributed by atoms with Gasteiger partial charge in [-0.05, 0) is 0 Å². The highest BCUT2D eigenvalue weighted by atomic mass is 28.3. The second-order valence-corrected chi connectivity index (χ2v) is 5.55. The predicted octanol–water partition coefficient (Wildman–Crippen LogP) is -0.447. The summed E-state index contributed by atoms with van der Waals surface area (Å²) < 4.78 is 4.72. The highest BCUT2D eigenvalue weighted by molar-refractivity contribution is 6.58. The summed E-state index contributed by atoms with van der Waals surface area (Å²) >= 11 is 0. The van der Waals surface area contributed by atoms with Crippen molar-refractivity contribution in [3.05, 3.63) is 12.7 Å². The smallest absolute Gasteiger partial charge is 0.402 e. The molecule has 0 aliphatic carbocycles. The molecule has 0 heterocycles. The van der Waals surface area contributed by atoms with Crippen LogP contribution >= 0.6 is 0 Å². The molecule has 0 bridgehead atoms. The topological polar surface area (TPSA) is 49.7 Å². The molecule has 0 amide bonds. The Hall–Kier alpha value is -0.0982. The first-order chi connectivity index (χ1) is 4.57. The summed E-state index contributed by atoms with van der Waals surface area (Å²) in [6.07, 6.45) is 1.61. The van der Waals surface area contributed by atoms with Gasteiger partial charge in [0.05, 0.1) is 8.80 Å². The highest BCUT2D eigenvalue weighted by Crippen LogP contribution is 1.99. The summed E-state index contributed by atoms with van der Waals surface area (Å²) in [5, 5.41) is 16.8. The van der Waals surface area contributed by atoms with Crippen LogP contribution in [-0.4, -0.2) is 31.9 Å². The second-order valence-electron chi connectivity index (χ2n) is 2.41. The summed E-state index contributed by atoms with van der Waals surface area (Å²) in [7, 11) is -2.67. The van der Waals surface area contributed by atoms with Crippen LogP contribution in [0.15, 0.2) is 12.7 Å². The first-order valence-electron chi connectivity index (χ1n) is 3.22. The maximum atomic E-state index is 8.41. The van der Waals surface area contributed by atoms with E-state index >= 15 is 0 Å². The van der Waals surface area contributed by atoms with Crippen molar-refractivity contribution in [2.24, 2.45) is 0 Å². The molecule has 0 aromatic rings. The standard InChI is InChI=1S/C5H13BO3Si/c1-4-5(10(2)3)9-6(7)8/h4-5,7-8,10H,1H2,2-3H3. The minimum Gasteiger partial charge on any atom is -0.402 e. The number of hydrogen-bond acceptors (Lipinski definition) is 3. The average Bonchev–Trinajstić information content (AvgIpc) is 1.81. The van der Waals surface area contributed by atoms with Crippen LogP contribution in [-0.2, 0) is 4.65 Å². The van der Waals surface area contributed by atoms with E-state index < -0.39 is 16.1 Å². The van der Waals surface area contributed by atoms with Crippen molar-refractivity contribution >= 4 is 16.1 Å². The summed E-state index contributed by atoms with van der Waals surface area (Å²) in [5.41, 5.74) is -0.153. The SMILES string of the molecule is C=CC(OB(O)O)[SiH](C)C. The van der Waals surface area contributed by atoms with Gasteiger partial charge in [-0.3, -0.25) is 0 Å². The Labute approximate surface area is 63.1 Å². The molecule has 0 aromatic heterocycles. The van der Waals surface area contributed by atoms with Crippen LogP contribution in [0.1, 0.15) is 0 Å². The first-order valence-corrected chi connectivity index (χ1v) is 6.19. The number of hydrogen-bond donors (Lipinski definition) is 2. The van der Waals surface area contributed by atoms with Crippen LogP contribution in [0.2, 0.25) is 13.1 Å². The third kappa shape index (κ3) is 3.84. The molecule has 0 aromatic carbocycles. The zero-order chi connectivity index (χ0) is 8.15. The van der Waals surface area contributed by atoms with E-state index in [1.54, 1.807) is 6.08 Å². The highest BCUT2D eigenvalue weighted by Gasteiger charge is 2.18. The molecule has 58 valence electrons. The van der Waals surface area contributed by atoms with E-state index in [-0.39, 0.29) is 5.73 Å². The Bertz CT molecular complexity index is 107. The average molecular weight is 160 g/mol. The Kier molecular flexibility index (Phi) is 4.63. The van der Waals surface area contributed by atoms with E-state index in [9.17, 15) is 0 Å². The van der Waals surface area contributed by atoms with E-state index in [1.165, 1.54) is 0 Å². The zero-order valence-corrected chi connectivity index (χ0v) is 7.47. The largest absolute Gasteiger partial charge is 0.634 e. The van der Waals surface area contributed by atoms with Crippen LogP contribution in [0.3, 0.4) is 0 Å². The fourth-order valence-electron chi connectivity index (χ4n) is 0.625. The van der Waals surface area contributed by atoms with Crippen molar-refractivity contribution < 1.29 is 14.7 Å². The molecule has 0 aliphatic heterocycles. The molecule has 0 radical (unpaired) electrons. The maximum absolute atomic E-state index is 8.41. The van der Waals surface area contributed by atoms with Gasteiger partial charge in [-0.25, -0.2) is 0 Å². The molecule has 2 N–H and O–H groups in total. The molecule has 0 saturated heterocycles. The van der Waals surface area contributed by atoms with Gasteiger partial charge >= 0.3 is 7.32 Å². The fraction of sp³-hybridized carbons (Fsp3) is 0.600. The molecular weight excluding hydrogens is 147 g/mol. The Morgan fingerprint density at radius 2 is 2.10 bits per heavy atom. The Morgan fingerprint density at radius 3 is 2.20 bits per heavy atom. The summed E-state index contributed by atoms with van der Waals surface area (Å²) in [5.74, 6) is 0. The maximum Gasteiger partial charge on any atom is 0.634 e. The van der Waals surface area contributed by atoms with Gasteiger partial charge in [0.15, 0.2) is 0 Å². The third-order valence-corrected chi connectivity index (χ3v) is 2.91. The van der Waals surface area contributed by atoms with Gasteiger partial charge in [-0.15, -0.1) is 6.58 Å². The van der Waals surface area contributed by atoms with Gasteiger partial charge in [-0.1, -0.05) is 19.2 Å². The van der Waals surface area contributed by atoms with Crippen molar-refractivity contribution in [3.8, 4) is 0 Å². The monoisotopic (exact) mass is 160 g/mol. The molecule has 1 atom stereocenters. The van der Waals surface area contributed by atoms with E-state index in [0.717, 1.165) is 0 Å². The minimum absolute atomic E-state index is 0.153. The van der Waals surface area contributed by atoms with Gasteiger partial charge in [0.2, 0.25) is 0 Å². The Balaban J connectivity index is 3.71. The number of rotatable bonds is 4. The van der Waals surface area contributed by atoms with Crippen molar-refractivity contribution in [1.29, 1.82) is 0 Å². The van der Waals surface area contributed by atoms with E-state index in [2.05, 4.69) is 19.7 Å². The van der Waals surface area contributed by atoms with Crippen molar-refractivity contribution in [1.82, 2.24) is 0 Å². The van der Waals surface area contributed by atoms with Gasteiger partial charge < -0.3 is 14.7 Å². The first kappa shape index (κ1) is 9.90. The van der Waals surface area contributed by atoms with E-state index in [0.29, 0.717) is 0 Å². The second kappa shape index (κ2) is 4.68. The van der Waals surface area contributed by atoms with Crippen LogP contribution in [0.4, 0.5) is 0 Å². The zero-order valence-electron chi connectivity index (χ0n) is 6.32. The van der Waals surface area contributed by atoms with Crippen molar-refractivity contribution in [2.45, 2.75) is 18.8 Å². The van der Waals surface area contributed by atoms with Crippen LogP contribution < -0.4 is 0 Å². The van der Waals surface area contributed by atoms with E-state index in [4.69, 9.17) is 14.7 Å². The molecule has 10 heavy (non-hydrogen) atoms. The minimum atomic E-state index is -1.67. The lowest BCUT2D eigenvalue weighted by Gasteiger charge is -2.15. The van der Waals surface area contributed by atoms with Crippen molar-refractivity contribution in [2.75, 3.05) is 0 Å². The molecule has 5 heteroatoms. The van der Waals surface area contributed by atoms with Crippen LogP contribution in [0, 0.1) is 0 Å². The third-order valence-electron chi connectivity index (χ3n) is 1.17. The molecular formula is C5H13BO3Si. The summed E-state index contributed by atoms with van der Waals surface area (Å²) in [6.45, 7) is 7.62. The lowest BCUT2D eigenvalue weighted by atomic mass is 10.3. The normalized spacial score (nSPS) is 13.3. The van der Waals surface area contributed by atoms with Crippen LogP contribution in [0.5, 0.6) is 0 Å². The molecule has 0 saturated carbocycles. The van der Waals surface area contributed by atoms with E-state index in [1.807, 2.05) is 0 Å². The quantitative estimate of drug-likeness (QED) is 0.432. The van der Waals surface area contributed by atoms with Gasteiger partial charge in [0, 0.05) is 5.73 Å². The lowest BCUT2D eigenvalue weighted by Crippen LogP contribution is -2.33. The van der Waals surface area contributed by atoms with Gasteiger partial charge in [-0.2, -0.15) is 0 Å². The van der Waals surface area contributed by atoms with Gasteiger partial charge in [0.25, 0.3) is 0 Å². The molecule has 1 unspecified atom stereocenters. The molecule has 0 fully saturated rings. The predicted molar refractivity (Wildman–Crippen MR) is 44.1 cm³/mol. The Morgan fingerprint density at radius 1 is 1.60 bits per heavy atom. The van der Waals surface area contributed by atoms with Crippen molar-refractivity contribution in [3.63, 3.8) is 0 Å². The molecule has 0 aliphatic rings.